The van der Waals surface area contributed by atoms with Crippen molar-refractivity contribution in [1.82, 2.24) is 14.8 Å². The number of carbonyl (C=O) groups is 1. The summed E-state index contributed by atoms with van der Waals surface area (Å²) in [5, 5.41) is 14.6. The number of carboxylic acids is 1. The molecule has 1 aromatic carbocycles. The molecule has 0 fully saturated rings. The normalized spacial score (nSPS) is 11.1. The van der Waals surface area contributed by atoms with Gasteiger partial charge in [-0.15, -0.1) is 0 Å². The van der Waals surface area contributed by atoms with Crippen molar-refractivity contribution in [2.75, 3.05) is 13.7 Å². The number of rotatable bonds is 7. The van der Waals surface area contributed by atoms with Gasteiger partial charge in [0, 0.05) is 44.5 Å². The van der Waals surface area contributed by atoms with Gasteiger partial charge in [-0.25, -0.2) is 9.18 Å². The number of ether oxygens (including phenoxy) is 1. The molecule has 7 heteroatoms. The minimum atomic E-state index is -1.02. The van der Waals surface area contributed by atoms with E-state index in [4.69, 9.17) is 4.74 Å². The second-order valence-electron chi connectivity index (χ2n) is 5.69. The number of fused-ring (bicyclic) bond motifs is 1. The Labute approximate surface area is 143 Å². The highest BCUT2D eigenvalue weighted by Gasteiger charge is 2.16. The fourth-order valence-corrected chi connectivity index (χ4v) is 2.83. The van der Waals surface area contributed by atoms with Gasteiger partial charge < -0.3 is 9.84 Å². The van der Waals surface area contributed by atoms with Crippen molar-refractivity contribution in [2.24, 2.45) is 0 Å². The summed E-state index contributed by atoms with van der Waals surface area (Å²) >= 11 is 0. The molecule has 6 nitrogen and oxygen atoms in total. The first kappa shape index (κ1) is 17.0. The number of hydrogen-bond acceptors (Lipinski definition) is 4. The van der Waals surface area contributed by atoms with Crippen LogP contribution in [-0.2, 0) is 17.7 Å². The number of aryl methyl sites for hydroxylation is 1. The minimum absolute atomic E-state index is 0.175. The van der Waals surface area contributed by atoms with Crippen LogP contribution in [0.15, 0.2) is 36.7 Å². The van der Waals surface area contributed by atoms with E-state index in [0.29, 0.717) is 29.8 Å². The van der Waals surface area contributed by atoms with Crippen LogP contribution in [0, 0.1) is 5.82 Å². The molecule has 0 spiro atoms. The predicted molar refractivity (Wildman–Crippen MR) is 90.2 cm³/mol. The van der Waals surface area contributed by atoms with Crippen molar-refractivity contribution in [2.45, 2.75) is 19.4 Å². The van der Waals surface area contributed by atoms with Crippen LogP contribution in [0.5, 0.6) is 0 Å². The van der Waals surface area contributed by atoms with Gasteiger partial charge in [0.25, 0.3) is 0 Å². The number of aromatic nitrogens is 3. The van der Waals surface area contributed by atoms with E-state index in [1.54, 1.807) is 17.9 Å². The third-order valence-electron chi connectivity index (χ3n) is 4.00. The van der Waals surface area contributed by atoms with E-state index in [1.165, 1.54) is 30.6 Å². The van der Waals surface area contributed by atoms with E-state index in [1.807, 2.05) is 0 Å². The average molecular weight is 343 g/mol. The average Bonchev–Trinajstić information content (AvgIpc) is 2.92. The van der Waals surface area contributed by atoms with Crippen LogP contribution in [-0.4, -0.2) is 39.6 Å². The zero-order valence-corrected chi connectivity index (χ0v) is 13.8. The lowest BCUT2D eigenvalue weighted by Crippen LogP contribution is -2.06. The van der Waals surface area contributed by atoms with Crippen molar-refractivity contribution in [3.8, 4) is 0 Å². The summed E-state index contributed by atoms with van der Waals surface area (Å²) in [6.07, 6.45) is 4.00. The smallest absolute Gasteiger partial charge is 0.336 e. The van der Waals surface area contributed by atoms with E-state index in [-0.39, 0.29) is 17.8 Å². The summed E-state index contributed by atoms with van der Waals surface area (Å²) < 4.78 is 20.6. The predicted octanol–water partition coefficient (Wildman–Crippen LogP) is 2.90. The monoisotopic (exact) mass is 343 g/mol. The third kappa shape index (κ3) is 3.66. The Morgan fingerprint density at radius 1 is 1.36 bits per heavy atom. The van der Waals surface area contributed by atoms with Crippen LogP contribution in [0.25, 0.3) is 10.9 Å². The first-order valence-electron chi connectivity index (χ1n) is 7.90. The summed E-state index contributed by atoms with van der Waals surface area (Å²) in [4.78, 5) is 15.4. The van der Waals surface area contributed by atoms with E-state index in [9.17, 15) is 14.3 Å². The molecule has 0 bridgehead atoms. The molecule has 0 aliphatic rings. The lowest BCUT2D eigenvalue weighted by atomic mass is 10.0. The second kappa shape index (κ2) is 7.40. The first-order valence-corrected chi connectivity index (χ1v) is 7.90. The van der Waals surface area contributed by atoms with Crippen LogP contribution < -0.4 is 0 Å². The molecule has 25 heavy (non-hydrogen) atoms. The molecule has 2 aromatic heterocycles. The van der Waals surface area contributed by atoms with Crippen LogP contribution in [0.3, 0.4) is 0 Å². The summed E-state index contributed by atoms with van der Waals surface area (Å²) in [5.41, 5.74) is 2.16. The van der Waals surface area contributed by atoms with Gasteiger partial charge in [0.05, 0.1) is 16.8 Å². The Kier molecular flexibility index (Phi) is 5.04. The number of hydrogen-bond donors (Lipinski definition) is 1. The van der Waals surface area contributed by atoms with Crippen molar-refractivity contribution < 1.29 is 19.0 Å². The van der Waals surface area contributed by atoms with E-state index < -0.39 is 5.97 Å². The number of benzene rings is 1. The van der Waals surface area contributed by atoms with Crippen molar-refractivity contribution in [3.63, 3.8) is 0 Å². The molecule has 3 rings (SSSR count). The number of methoxy groups -OCH3 is 1. The molecule has 2 heterocycles. The summed E-state index contributed by atoms with van der Waals surface area (Å²) in [6.45, 7) is 1.23. The number of nitrogens with zero attached hydrogens (tertiary/aromatic N) is 3. The van der Waals surface area contributed by atoms with Gasteiger partial charge in [-0.1, -0.05) is 0 Å². The largest absolute Gasteiger partial charge is 0.478 e. The maximum atomic E-state index is 13.7. The van der Waals surface area contributed by atoms with Crippen molar-refractivity contribution in [1.29, 1.82) is 0 Å². The van der Waals surface area contributed by atoms with Crippen molar-refractivity contribution in [3.05, 3.63) is 59.3 Å². The van der Waals surface area contributed by atoms with Crippen LogP contribution >= 0.6 is 0 Å². The number of carboxylic acid groups (broad SMARTS) is 1. The number of aromatic carboxylic acids is 1. The van der Waals surface area contributed by atoms with Gasteiger partial charge in [-0.2, -0.15) is 5.10 Å². The van der Waals surface area contributed by atoms with Crippen LogP contribution in [0.2, 0.25) is 0 Å². The summed E-state index contributed by atoms with van der Waals surface area (Å²) in [5.74, 6) is -1.37. The Morgan fingerprint density at radius 3 is 2.96 bits per heavy atom. The topological polar surface area (TPSA) is 77.2 Å². The molecule has 0 amide bonds. The van der Waals surface area contributed by atoms with Crippen LogP contribution in [0.4, 0.5) is 4.39 Å². The molecule has 0 aliphatic heterocycles. The molecule has 1 N–H and O–H groups in total. The fraction of sp³-hybridized carbons (Fsp3) is 0.278. The number of pyridine rings is 1. The maximum Gasteiger partial charge on any atom is 0.336 e. The minimum Gasteiger partial charge on any atom is -0.478 e. The molecule has 0 radical (unpaired) electrons. The maximum absolute atomic E-state index is 13.7. The molecule has 0 atom stereocenters. The SMILES string of the molecule is COCCCn1nc(Cc2cnccc2C(=O)O)c2cc(F)ccc21. The first-order chi connectivity index (χ1) is 12.1. The Balaban J connectivity index is 2.01. The third-order valence-corrected chi connectivity index (χ3v) is 4.00. The highest BCUT2D eigenvalue weighted by molar-refractivity contribution is 5.89. The molecule has 0 aliphatic carbocycles. The lowest BCUT2D eigenvalue weighted by Gasteiger charge is -2.04. The summed E-state index contributed by atoms with van der Waals surface area (Å²) in [7, 11) is 1.64. The standard InChI is InChI=1S/C18H18FN3O3/c1-25-8-2-7-22-17-4-3-13(19)10-15(17)16(21-22)9-12-11-20-6-5-14(12)18(23)24/h3-6,10-11H,2,7-9H2,1H3,(H,23,24). The molecule has 3 aromatic rings. The molecule has 0 saturated heterocycles. The van der Waals surface area contributed by atoms with Gasteiger partial charge in [0.2, 0.25) is 0 Å². The molecule has 0 unspecified atom stereocenters. The molecule has 130 valence electrons. The van der Waals surface area contributed by atoms with Gasteiger partial charge >= 0.3 is 5.97 Å². The van der Waals surface area contributed by atoms with E-state index in [0.717, 1.165) is 11.9 Å². The lowest BCUT2D eigenvalue weighted by molar-refractivity contribution is 0.0695. The Morgan fingerprint density at radius 2 is 2.20 bits per heavy atom. The van der Waals surface area contributed by atoms with E-state index >= 15 is 0 Å². The molecule has 0 saturated carbocycles. The Bertz CT molecular complexity index is 908. The number of halogens is 1. The highest BCUT2D eigenvalue weighted by atomic mass is 19.1. The fourth-order valence-electron chi connectivity index (χ4n) is 2.83. The second-order valence-corrected chi connectivity index (χ2v) is 5.69. The zero-order valence-electron chi connectivity index (χ0n) is 13.8. The van der Waals surface area contributed by atoms with Gasteiger partial charge in [0.1, 0.15) is 5.82 Å². The van der Waals surface area contributed by atoms with Gasteiger partial charge in [-0.05, 0) is 36.2 Å². The van der Waals surface area contributed by atoms with Gasteiger partial charge in [0.15, 0.2) is 0 Å². The summed E-state index contributed by atoms with van der Waals surface area (Å²) in [6, 6.07) is 5.97. The highest BCUT2D eigenvalue weighted by Crippen LogP contribution is 2.23. The zero-order chi connectivity index (χ0) is 17.8. The van der Waals surface area contributed by atoms with E-state index in [2.05, 4.69) is 10.1 Å². The Hall–Kier alpha value is -2.80. The van der Waals surface area contributed by atoms with Crippen molar-refractivity contribution >= 4 is 16.9 Å². The molecular weight excluding hydrogens is 325 g/mol. The van der Waals surface area contributed by atoms with Gasteiger partial charge in [-0.3, -0.25) is 9.67 Å². The quantitative estimate of drug-likeness (QED) is 0.668. The van der Waals surface area contributed by atoms with Crippen LogP contribution in [0.1, 0.15) is 28.0 Å². The molecular formula is C18H18FN3O3.